The van der Waals surface area contributed by atoms with E-state index in [1.807, 2.05) is 11.8 Å². The number of nitrogens with zero attached hydrogens (tertiary/aromatic N) is 3. The Kier molecular flexibility index (Phi) is 3.52. The van der Waals surface area contributed by atoms with E-state index >= 15 is 0 Å². The van der Waals surface area contributed by atoms with Gasteiger partial charge in [0.25, 0.3) is 0 Å². The van der Waals surface area contributed by atoms with Crippen LogP contribution >= 0.6 is 0 Å². The highest BCUT2D eigenvalue weighted by Crippen LogP contribution is 2.43. The van der Waals surface area contributed by atoms with Gasteiger partial charge in [-0.1, -0.05) is 6.92 Å². The summed E-state index contributed by atoms with van der Waals surface area (Å²) in [5.41, 5.74) is 0.636. The number of carbonyl (C=O) groups excluding carboxylic acids is 1. The lowest BCUT2D eigenvalue weighted by atomic mass is 9.84. The zero-order valence-electron chi connectivity index (χ0n) is 13.7. The van der Waals surface area contributed by atoms with Gasteiger partial charge in [-0.2, -0.15) is 0 Å². The highest BCUT2D eigenvalue weighted by molar-refractivity contribution is 5.82. The van der Waals surface area contributed by atoms with Crippen LogP contribution in [0.3, 0.4) is 0 Å². The third kappa shape index (κ3) is 2.92. The summed E-state index contributed by atoms with van der Waals surface area (Å²) in [7, 11) is 0. The molecule has 4 rings (SSSR count). The number of hydrogen-bond acceptors (Lipinski definition) is 5. The summed E-state index contributed by atoms with van der Waals surface area (Å²) in [6, 6.07) is 0. The van der Waals surface area contributed by atoms with Gasteiger partial charge in [-0.3, -0.25) is 9.78 Å². The second-order valence-corrected chi connectivity index (χ2v) is 7.28. The van der Waals surface area contributed by atoms with Crippen LogP contribution in [0, 0.1) is 18.8 Å². The Morgan fingerprint density at radius 3 is 2.91 bits per heavy atom. The molecule has 0 radical (unpaired) electrons. The van der Waals surface area contributed by atoms with Crippen LogP contribution in [0.2, 0.25) is 0 Å². The van der Waals surface area contributed by atoms with Crippen molar-refractivity contribution in [3.8, 4) is 5.88 Å². The predicted molar refractivity (Wildman–Crippen MR) is 83.0 cm³/mol. The molecule has 1 saturated carbocycles. The third-order valence-corrected chi connectivity index (χ3v) is 5.16. The fourth-order valence-electron chi connectivity index (χ4n) is 3.68. The van der Waals surface area contributed by atoms with Gasteiger partial charge in [-0.25, -0.2) is 4.98 Å². The van der Waals surface area contributed by atoms with Crippen molar-refractivity contribution in [3.05, 3.63) is 18.1 Å². The summed E-state index contributed by atoms with van der Waals surface area (Å²) in [6.07, 6.45) is 6.16. The van der Waals surface area contributed by atoms with E-state index in [1.54, 1.807) is 12.4 Å². The maximum absolute atomic E-state index is 12.3. The normalized spacial score (nSPS) is 31.6. The number of ether oxygens (including phenoxy) is 2. The molecule has 0 unspecified atom stereocenters. The molecular weight excluding hydrogens is 294 g/mol. The lowest BCUT2D eigenvalue weighted by Gasteiger charge is -2.53. The minimum atomic E-state index is -0.214. The van der Waals surface area contributed by atoms with Crippen molar-refractivity contribution in [2.24, 2.45) is 11.8 Å². The first-order chi connectivity index (χ1) is 11.0. The fourth-order valence-corrected chi connectivity index (χ4v) is 3.68. The third-order valence-electron chi connectivity index (χ3n) is 5.16. The summed E-state index contributed by atoms with van der Waals surface area (Å²) >= 11 is 0. The van der Waals surface area contributed by atoms with Crippen molar-refractivity contribution in [2.45, 2.75) is 44.8 Å². The molecule has 0 bridgehead atoms. The molecule has 1 amide bonds. The second kappa shape index (κ2) is 5.44. The molecule has 3 atom stereocenters. The lowest BCUT2D eigenvalue weighted by Crippen LogP contribution is -2.67. The molecule has 1 aliphatic carbocycles. The Morgan fingerprint density at radius 2 is 2.22 bits per heavy atom. The molecule has 1 aromatic rings. The number of likely N-dealkylation sites (tertiary alicyclic amines) is 1. The Morgan fingerprint density at radius 1 is 1.43 bits per heavy atom. The van der Waals surface area contributed by atoms with E-state index in [4.69, 9.17) is 9.47 Å². The van der Waals surface area contributed by atoms with E-state index in [0.29, 0.717) is 37.4 Å². The number of carbonyl (C=O) groups is 1. The Labute approximate surface area is 136 Å². The zero-order chi connectivity index (χ0) is 16.0. The minimum absolute atomic E-state index is 0.0805. The smallest absolute Gasteiger partial charge is 0.232 e. The Balaban J connectivity index is 1.34. The maximum atomic E-state index is 12.3. The molecule has 3 fully saturated rings. The van der Waals surface area contributed by atoms with Gasteiger partial charge in [-0.15, -0.1) is 0 Å². The highest BCUT2D eigenvalue weighted by Gasteiger charge is 2.53. The van der Waals surface area contributed by atoms with Gasteiger partial charge in [0.05, 0.1) is 31.6 Å². The summed E-state index contributed by atoms with van der Waals surface area (Å²) in [5.74, 6) is 1.69. The van der Waals surface area contributed by atoms with Gasteiger partial charge in [0.15, 0.2) is 0 Å². The van der Waals surface area contributed by atoms with Gasteiger partial charge in [0.2, 0.25) is 11.8 Å². The molecule has 1 aromatic heterocycles. The van der Waals surface area contributed by atoms with Crippen LogP contribution in [0.25, 0.3) is 0 Å². The SMILES string of the molecule is Cc1cncc(O[C@@H]2CCOC3(C2)CN(C(=O)[C@@H]2C[C@H]2C)C3)n1. The minimum Gasteiger partial charge on any atom is -0.473 e. The summed E-state index contributed by atoms with van der Waals surface area (Å²) in [4.78, 5) is 22.7. The maximum Gasteiger partial charge on any atom is 0.232 e. The van der Waals surface area contributed by atoms with E-state index in [2.05, 4.69) is 16.9 Å². The molecule has 3 heterocycles. The van der Waals surface area contributed by atoms with Gasteiger partial charge in [-0.05, 0) is 19.3 Å². The molecule has 3 aliphatic rings. The van der Waals surface area contributed by atoms with Gasteiger partial charge >= 0.3 is 0 Å². The predicted octanol–water partition coefficient (Wildman–Crippen LogP) is 1.58. The van der Waals surface area contributed by atoms with Crippen LogP contribution < -0.4 is 4.74 Å². The second-order valence-electron chi connectivity index (χ2n) is 7.28. The van der Waals surface area contributed by atoms with Crippen molar-refractivity contribution in [1.82, 2.24) is 14.9 Å². The molecule has 124 valence electrons. The van der Waals surface area contributed by atoms with Crippen molar-refractivity contribution in [3.63, 3.8) is 0 Å². The topological polar surface area (TPSA) is 64.6 Å². The van der Waals surface area contributed by atoms with Gasteiger partial charge < -0.3 is 14.4 Å². The number of rotatable bonds is 3. The van der Waals surface area contributed by atoms with Crippen LogP contribution in [0.5, 0.6) is 5.88 Å². The number of aryl methyl sites for hydroxylation is 1. The van der Waals surface area contributed by atoms with E-state index in [9.17, 15) is 4.79 Å². The Hall–Kier alpha value is -1.69. The van der Waals surface area contributed by atoms with Crippen LogP contribution in [0.1, 0.15) is 31.9 Å². The summed E-state index contributed by atoms with van der Waals surface area (Å²) in [6.45, 7) is 6.12. The van der Waals surface area contributed by atoms with Crippen molar-refractivity contribution < 1.29 is 14.3 Å². The van der Waals surface area contributed by atoms with Gasteiger partial charge in [0.1, 0.15) is 11.7 Å². The number of aromatic nitrogens is 2. The molecule has 6 nitrogen and oxygen atoms in total. The first kappa shape index (κ1) is 14.9. The molecule has 2 aliphatic heterocycles. The molecule has 6 heteroatoms. The Bertz CT molecular complexity index is 615. The largest absolute Gasteiger partial charge is 0.473 e. The molecule has 2 saturated heterocycles. The van der Waals surface area contributed by atoms with Crippen molar-refractivity contribution in [1.29, 1.82) is 0 Å². The van der Waals surface area contributed by atoms with Crippen molar-refractivity contribution in [2.75, 3.05) is 19.7 Å². The molecule has 0 aromatic carbocycles. The fraction of sp³-hybridized carbons (Fsp3) is 0.706. The van der Waals surface area contributed by atoms with Crippen molar-refractivity contribution >= 4 is 5.91 Å². The molecule has 0 N–H and O–H groups in total. The standard InChI is InChI=1S/C17H23N3O3/c1-11-5-14(11)16(21)20-9-17(10-20)6-13(3-4-22-17)23-15-8-18-7-12(2)19-15/h7-8,11,13-14H,3-6,9-10H2,1-2H3/t11-,13-,14-/m1/s1. The molecular formula is C17H23N3O3. The number of amides is 1. The first-order valence-electron chi connectivity index (χ1n) is 8.43. The van der Waals surface area contributed by atoms with E-state index in [1.165, 1.54) is 0 Å². The molecule has 23 heavy (non-hydrogen) atoms. The van der Waals surface area contributed by atoms with E-state index < -0.39 is 0 Å². The summed E-state index contributed by atoms with van der Waals surface area (Å²) in [5, 5.41) is 0. The van der Waals surface area contributed by atoms with E-state index in [-0.39, 0.29) is 17.6 Å². The van der Waals surface area contributed by atoms with Gasteiger partial charge in [0, 0.05) is 25.0 Å². The molecule has 1 spiro atoms. The average Bonchev–Trinajstić information content (AvgIpc) is 3.21. The number of hydrogen-bond donors (Lipinski definition) is 0. The van der Waals surface area contributed by atoms with Crippen LogP contribution in [0.15, 0.2) is 12.4 Å². The summed E-state index contributed by atoms with van der Waals surface area (Å²) < 4.78 is 12.0. The van der Waals surface area contributed by atoms with Crippen LogP contribution in [0.4, 0.5) is 0 Å². The van der Waals surface area contributed by atoms with Crippen LogP contribution in [-0.4, -0.2) is 52.2 Å². The first-order valence-corrected chi connectivity index (χ1v) is 8.43. The highest BCUT2D eigenvalue weighted by atomic mass is 16.5. The van der Waals surface area contributed by atoms with E-state index in [0.717, 1.165) is 25.0 Å². The van der Waals surface area contributed by atoms with Crippen LogP contribution in [-0.2, 0) is 9.53 Å². The lowest BCUT2D eigenvalue weighted by molar-refractivity contribution is -0.194. The zero-order valence-corrected chi connectivity index (χ0v) is 13.7. The average molecular weight is 317 g/mol. The quantitative estimate of drug-likeness (QED) is 0.847. The monoisotopic (exact) mass is 317 g/mol.